The van der Waals surface area contributed by atoms with E-state index in [2.05, 4.69) is 26.0 Å². The average Bonchev–Trinajstić information content (AvgIpc) is 2.73. The quantitative estimate of drug-likeness (QED) is 0.542. The highest BCUT2D eigenvalue weighted by molar-refractivity contribution is 5.53. The molecule has 0 aliphatic heterocycles. The summed E-state index contributed by atoms with van der Waals surface area (Å²) in [5.41, 5.74) is 6.41. The Morgan fingerprint density at radius 3 is 2.47 bits per heavy atom. The molecule has 0 N–H and O–H groups in total. The molecule has 17 heavy (non-hydrogen) atoms. The lowest BCUT2D eigenvalue weighted by Gasteiger charge is -2.15. The summed E-state index contributed by atoms with van der Waals surface area (Å²) in [5.74, 6) is 0. The van der Waals surface area contributed by atoms with E-state index >= 15 is 0 Å². The molecular weight excluding hydrogens is 204 g/mol. The molecule has 0 aromatic heterocycles. The van der Waals surface area contributed by atoms with Gasteiger partial charge in [-0.3, -0.25) is 0 Å². The largest absolute Gasteiger partial charge is 0.0654 e. The van der Waals surface area contributed by atoms with Crippen LogP contribution in [-0.2, 0) is 0 Å². The maximum Gasteiger partial charge on any atom is -0.0259 e. The molecule has 0 unspecified atom stereocenters. The van der Waals surface area contributed by atoms with Gasteiger partial charge in [-0.2, -0.15) is 0 Å². The van der Waals surface area contributed by atoms with Crippen LogP contribution in [-0.4, -0.2) is 0 Å². The summed E-state index contributed by atoms with van der Waals surface area (Å²) in [6.07, 6.45) is 17.2. The summed E-state index contributed by atoms with van der Waals surface area (Å²) in [4.78, 5) is 0. The van der Waals surface area contributed by atoms with Crippen molar-refractivity contribution in [1.82, 2.24) is 0 Å². The minimum Gasteiger partial charge on any atom is -0.0654 e. The summed E-state index contributed by atoms with van der Waals surface area (Å²) in [5, 5.41) is 0. The van der Waals surface area contributed by atoms with Crippen LogP contribution in [0.3, 0.4) is 0 Å². The van der Waals surface area contributed by atoms with E-state index in [4.69, 9.17) is 0 Å². The smallest absolute Gasteiger partial charge is 0.0259 e. The van der Waals surface area contributed by atoms with Gasteiger partial charge >= 0.3 is 0 Å². The minimum atomic E-state index is 1.28. The minimum absolute atomic E-state index is 1.28. The number of hydrogen-bond donors (Lipinski definition) is 0. The van der Waals surface area contributed by atoms with E-state index in [0.29, 0.717) is 0 Å². The van der Waals surface area contributed by atoms with E-state index in [1.54, 1.807) is 16.7 Å². The molecular formula is C17H26. The van der Waals surface area contributed by atoms with Crippen LogP contribution in [0.1, 0.15) is 71.6 Å². The Balaban J connectivity index is 2.02. The second-order valence-corrected chi connectivity index (χ2v) is 5.57. The molecule has 1 fully saturated rings. The molecule has 0 aromatic carbocycles. The van der Waals surface area contributed by atoms with Gasteiger partial charge in [-0.05, 0) is 62.2 Å². The predicted molar refractivity (Wildman–Crippen MR) is 76.1 cm³/mol. The van der Waals surface area contributed by atoms with Crippen molar-refractivity contribution in [3.8, 4) is 0 Å². The van der Waals surface area contributed by atoms with Crippen molar-refractivity contribution >= 4 is 0 Å². The molecule has 0 atom stereocenters. The summed E-state index contributed by atoms with van der Waals surface area (Å²) in [6.45, 7) is 4.56. The molecule has 0 amide bonds. The number of hydrogen-bond acceptors (Lipinski definition) is 0. The maximum atomic E-state index is 2.48. The normalized spacial score (nSPS) is 20.6. The third-order valence-electron chi connectivity index (χ3n) is 4.12. The lowest BCUT2D eigenvalue weighted by Crippen LogP contribution is -1.95. The fraction of sp³-hybridized carbons (Fsp3) is 0.647. The second kappa shape index (κ2) is 6.23. The molecule has 2 rings (SSSR count). The van der Waals surface area contributed by atoms with E-state index in [1.165, 1.54) is 63.4 Å². The topological polar surface area (TPSA) is 0 Å². The number of rotatable bonds is 4. The van der Waals surface area contributed by atoms with Gasteiger partial charge in [0.15, 0.2) is 0 Å². The Labute approximate surface area is 106 Å². The van der Waals surface area contributed by atoms with Crippen LogP contribution in [0.5, 0.6) is 0 Å². The van der Waals surface area contributed by atoms with Gasteiger partial charge in [-0.1, -0.05) is 43.9 Å². The van der Waals surface area contributed by atoms with E-state index in [0.717, 1.165) is 0 Å². The molecule has 2 aliphatic rings. The van der Waals surface area contributed by atoms with Gasteiger partial charge in [0, 0.05) is 0 Å². The second-order valence-electron chi connectivity index (χ2n) is 5.57. The zero-order chi connectivity index (χ0) is 12.1. The molecule has 0 saturated heterocycles. The van der Waals surface area contributed by atoms with Gasteiger partial charge in [0.05, 0.1) is 0 Å². The Morgan fingerprint density at radius 2 is 1.76 bits per heavy atom. The van der Waals surface area contributed by atoms with Crippen LogP contribution in [0.2, 0.25) is 0 Å². The van der Waals surface area contributed by atoms with Crippen molar-refractivity contribution in [2.45, 2.75) is 71.6 Å². The molecule has 0 spiro atoms. The first kappa shape index (κ1) is 12.7. The fourth-order valence-electron chi connectivity index (χ4n) is 2.98. The van der Waals surface area contributed by atoms with Crippen molar-refractivity contribution in [1.29, 1.82) is 0 Å². The molecule has 0 bridgehead atoms. The average molecular weight is 230 g/mol. The maximum absolute atomic E-state index is 2.48. The molecule has 0 heterocycles. The third kappa shape index (κ3) is 3.34. The van der Waals surface area contributed by atoms with Crippen LogP contribution in [0, 0.1) is 0 Å². The van der Waals surface area contributed by atoms with Gasteiger partial charge in [0.1, 0.15) is 0 Å². The van der Waals surface area contributed by atoms with Crippen LogP contribution < -0.4 is 0 Å². The highest BCUT2D eigenvalue weighted by Crippen LogP contribution is 2.33. The van der Waals surface area contributed by atoms with Crippen LogP contribution >= 0.6 is 0 Å². The summed E-state index contributed by atoms with van der Waals surface area (Å²) >= 11 is 0. The van der Waals surface area contributed by atoms with E-state index in [9.17, 15) is 0 Å². The zero-order valence-electron chi connectivity index (χ0n) is 11.5. The molecule has 1 saturated carbocycles. The van der Waals surface area contributed by atoms with Gasteiger partial charge in [0.2, 0.25) is 0 Å². The Hall–Kier alpha value is -0.780. The molecule has 0 nitrogen and oxygen atoms in total. The Kier molecular flexibility index (Phi) is 4.65. The zero-order valence-corrected chi connectivity index (χ0v) is 11.5. The van der Waals surface area contributed by atoms with Crippen molar-refractivity contribution < 1.29 is 0 Å². The van der Waals surface area contributed by atoms with Gasteiger partial charge in [-0.15, -0.1) is 0 Å². The highest BCUT2D eigenvalue weighted by Gasteiger charge is 2.14. The SMILES string of the molecule is CCCCCC1=CC(=C2CCCCC2)C=C1C. The van der Waals surface area contributed by atoms with Crippen LogP contribution in [0.4, 0.5) is 0 Å². The van der Waals surface area contributed by atoms with Gasteiger partial charge < -0.3 is 0 Å². The third-order valence-corrected chi connectivity index (χ3v) is 4.12. The lowest BCUT2D eigenvalue weighted by molar-refractivity contribution is 0.596. The summed E-state index contributed by atoms with van der Waals surface area (Å²) in [6, 6.07) is 0. The Morgan fingerprint density at radius 1 is 1.00 bits per heavy atom. The summed E-state index contributed by atoms with van der Waals surface area (Å²) < 4.78 is 0. The monoisotopic (exact) mass is 230 g/mol. The first-order chi connectivity index (χ1) is 8.31. The summed E-state index contributed by atoms with van der Waals surface area (Å²) in [7, 11) is 0. The molecule has 0 heteroatoms. The Bertz CT molecular complexity index is 344. The molecule has 0 radical (unpaired) electrons. The first-order valence-electron chi connectivity index (χ1n) is 7.42. The predicted octanol–water partition coefficient (Wildman–Crippen LogP) is 5.71. The fourth-order valence-corrected chi connectivity index (χ4v) is 2.98. The van der Waals surface area contributed by atoms with Gasteiger partial charge in [0.25, 0.3) is 0 Å². The number of allylic oxidation sites excluding steroid dienone is 6. The van der Waals surface area contributed by atoms with Crippen LogP contribution in [0.15, 0.2) is 34.4 Å². The molecule has 0 aromatic rings. The molecule has 2 aliphatic carbocycles. The first-order valence-corrected chi connectivity index (χ1v) is 7.42. The van der Waals surface area contributed by atoms with Crippen molar-refractivity contribution in [2.75, 3.05) is 0 Å². The van der Waals surface area contributed by atoms with Crippen molar-refractivity contribution in [3.05, 3.63) is 34.4 Å². The van der Waals surface area contributed by atoms with E-state index in [-0.39, 0.29) is 0 Å². The number of unbranched alkanes of at least 4 members (excludes halogenated alkanes) is 2. The highest BCUT2D eigenvalue weighted by atomic mass is 14.2. The van der Waals surface area contributed by atoms with Gasteiger partial charge in [-0.25, -0.2) is 0 Å². The van der Waals surface area contributed by atoms with Crippen molar-refractivity contribution in [3.63, 3.8) is 0 Å². The standard InChI is InChI=1S/C17H26/c1-3-4-6-11-16-13-17(12-14(16)2)15-9-7-5-8-10-15/h12-13H,3-11H2,1-2H3. The lowest BCUT2D eigenvalue weighted by atomic mass is 9.91. The van der Waals surface area contributed by atoms with E-state index in [1.807, 2.05) is 0 Å². The molecule has 94 valence electrons. The van der Waals surface area contributed by atoms with Crippen molar-refractivity contribution in [2.24, 2.45) is 0 Å². The van der Waals surface area contributed by atoms with Crippen LogP contribution in [0.25, 0.3) is 0 Å². The van der Waals surface area contributed by atoms with E-state index < -0.39 is 0 Å².